The number of aliphatic hydroxyl groups is 1. The first-order chi connectivity index (χ1) is 8.66. The highest BCUT2D eigenvalue weighted by Gasteiger charge is 2.51. The number of rotatable bonds is 3. The Hall–Kier alpha value is -1.14. The molecule has 108 valence electrons. The van der Waals surface area contributed by atoms with Crippen LogP contribution in [0.15, 0.2) is 0 Å². The fourth-order valence-electron chi connectivity index (χ4n) is 3.10. The quantitative estimate of drug-likeness (QED) is 0.679. The van der Waals surface area contributed by atoms with E-state index in [9.17, 15) is 14.7 Å². The van der Waals surface area contributed by atoms with Gasteiger partial charge in [0.25, 0.3) is 0 Å². The minimum Gasteiger partial charge on any atom is -0.479 e. The average molecular weight is 270 g/mol. The van der Waals surface area contributed by atoms with Crippen LogP contribution in [0.2, 0.25) is 0 Å². The van der Waals surface area contributed by atoms with Crippen molar-refractivity contribution in [1.29, 1.82) is 0 Å². The third-order valence-electron chi connectivity index (χ3n) is 4.46. The molecule has 0 radical (unpaired) electrons. The maximum Gasteiger partial charge on any atom is 0.332 e. The zero-order valence-corrected chi connectivity index (χ0v) is 11.6. The summed E-state index contributed by atoms with van der Waals surface area (Å²) >= 11 is 0. The van der Waals surface area contributed by atoms with Gasteiger partial charge in [0, 0.05) is 25.4 Å². The number of nitrogens with one attached hydrogen (secondary N) is 1. The highest BCUT2D eigenvalue weighted by atomic mass is 16.4. The summed E-state index contributed by atoms with van der Waals surface area (Å²) in [5, 5.41) is 21.8. The maximum atomic E-state index is 11.9. The van der Waals surface area contributed by atoms with Crippen LogP contribution in [0.3, 0.4) is 0 Å². The molecule has 2 aliphatic heterocycles. The van der Waals surface area contributed by atoms with Crippen LogP contribution in [0.5, 0.6) is 0 Å². The molecule has 3 atom stereocenters. The lowest BCUT2D eigenvalue weighted by Gasteiger charge is -2.52. The number of aliphatic carboxylic acids is 1. The molecule has 2 saturated heterocycles. The molecule has 2 rings (SSSR count). The summed E-state index contributed by atoms with van der Waals surface area (Å²) < 4.78 is 0. The van der Waals surface area contributed by atoms with Gasteiger partial charge in [-0.15, -0.1) is 0 Å². The molecular weight excluding hydrogens is 248 g/mol. The van der Waals surface area contributed by atoms with Gasteiger partial charge < -0.3 is 15.1 Å². The van der Waals surface area contributed by atoms with Crippen molar-refractivity contribution in [1.82, 2.24) is 10.2 Å². The van der Waals surface area contributed by atoms with E-state index < -0.39 is 17.7 Å². The van der Waals surface area contributed by atoms with Crippen molar-refractivity contribution in [2.75, 3.05) is 6.54 Å². The molecule has 0 aliphatic carbocycles. The molecule has 6 heteroatoms. The van der Waals surface area contributed by atoms with Gasteiger partial charge in [0.1, 0.15) is 0 Å². The minimum atomic E-state index is -1.37. The van der Waals surface area contributed by atoms with Crippen LogP contribution < -0.4 is 5.32 Å². The van der Waals surface area contributed by atoms with E-state index in [2.05, 4.69) is 5.32 Å². The number of hydrogen-bond acceptors (Lipinski definition) is 4. The zero-order valence-electron chi connectivity index (χ0n) is 11.6. The molecule has 1 amide bonds. The summed E-state index contributed by atoms with van der Waals surface area (Å²) in [5.74, 6) is -1.06. The van der Waals surface area contributed by atoms with E-state index in [0.717, 1.165) is 6.42 Å². The molecule has 19 heavy (non-hydrogen) atoms. The first-order valence-corrected chi connectivity index (χ1v) is 6.65. The van der Waals surface area contributed by atoms with Gasteiger partial charge in [0.05, 0.1) is 5.66 Å². The first kappa shape index (κ1) is 14.3. The normalized spacial score (nSPS) is 35.1. The van der Waals surface area contributed by atoms with Crippen molar-refractivity contribution in [3.05, 3.63) is 0 Å². The Labute approximate surface area is 112 Å². The molecule has 3 N–H and O–H groups in total. The second kappa shape index (κ2) is 4.45. The van der Waals surface area contributed by atoms with Crippen LogP contribution in [0.4, 0.5) is 0 Å². The number of fused-ring (bicyclic) bond motifs is 1. The van der Waals surface area contributed by atoms with Crippen molar-refractivity contribution in [3.63, 3.8) is 0 Å². The summed E-state index contributed by atoms with van der Waals surface area (Å²) in [5.41, 5.74) is -0.675. The number of carboxylic acids is 1. The molecule has 0 aromatic rings. The number of carbonyl (C=O) groups is 2. The van der Waals surface area contributed by atoms with Crippen molar-refractivity contribution < 1.29 is 19.8 Å². The molecule has 6 nitrogen and oxygen atoms in total. The van der Waals surface area contributed by atoms with Crippen LogP contribution in [-0.4, -0.2) is 51.3 Å². The molecule has 0 bridgehead atoms. The fourth-order valence-corrected chi connectivity index (χ4v) is 3.10. The smallest absolute Gasteiger partial charge is 0.332 e. The Morgan fingerprint density at radius 3 is 2.74 bits per heavy atom. The third-order valence-corrected chi connectivity index (χ3v) is 4.46. The minimum absolute atomic E-state index is 0.134. The molecule has 2 unspecified atom stereocenters. The fraction of sp³-hybridized carbons (Fsp3) is 0.846. The van der Waals surface area contributed by atoms with Gasteiger partial charge in [-0.25, -0.2) is 4.79 Å². The van der Waals surface area contributed by atoms with E-state index in [4.69, 9.17) is 5.11 Å². The predicted octanol–water partition coefficient (Wildman–Crippen LogP) is 0.159. The van der Waals surface area contributed by atoms with E-state index in [1.54, 1.807) is 0 Å². The van der Waals surface area contributed by atoms with Gasteiger partial charge in [-0.3, -0.25) is 10.1 Å². The van der Waals surface area contributed by atoms with Crippen LogP contribution >= 0.6 is 0 Å². The lowest BCUT2D eigenvalue weighted by molar-refractivity contribution is -0.150. The number of carboxylic acid groups (broad SMARTS) is 1. The summed E-state index contributed by atoms with van der Waals surface area (Å²) in [7, 11) is 0. The van der Waals surface area contributed by atoms with Gasteiger partial charge >= 0.3 is 5.97 Å². The van der Waals surface area contributed by atoms with E-state index in [0.29, 0.717) is 13.0 Å². The lowest BCUT2D eigenvalue weighted by atomic mass is 9.77. The standard InChI is InChI=1S/C13H22N2O4/c1-12(2)7-15-10(17)4-5-13(15,3)14-9(12)6-8(16)11(18)19/h8-9,14,16H,4-7H2,1-3H3,(H,18,19)/t8-,9?,13?/m0/s1. The first-order valence-electron chi connectivity index (χ1n) is 6.65. The van der Waals surface area contributed by atoms with E-state index in [1.165, 1.54) is 0 Å². The summed E-state index contributed by atoms with van der Waals surface area (Å²) in [6, 6.07) is -0.134. The van der Waals surface area contributed by atoms with E-state index in [1.807, 2.05) is 25.7 Å². The van der Waals surface area contributed by atoms with Crippen molar-refractivity contribution in [2.24, 2.45) is 5.41 Å². The largest absolute Gasteiger partial charge is 0.479 e. The van der Waals surface area contributed by atoms with Gasteiger partial charge in [0.2, 0.25) is 5.91 Å². The van der Waals surface area contributed by atoms with Crippen LogP contribution in [0.1, 0.15) is 40.0 Å². The molecule has 0 saturated carbocycles. The summed E-state index contributed by atoms with van der Waals surface area (Å²) in [6.07, 6.45) is 0.0269. The summed E-state index contributed by atoms with van der Waals surface area (Å²) in [4.78, 5) is 24.5. The van der Waals surface area contributed by atoms with Gasteiger partial charge in [-0.2, -0.15) is 0 Å². The number of carbonyl (C=O) groups excluding carboxylic acids is 1. The average Bonchev–Trinajstić information content (AvgIpc) is 2.56. The van der Waals surface area contributed by atoms with Crippen LogP contribution in [0.25, 0.3) is 0 Å². The third kappa shape index (κ3) is 2.47. The van der Waals surface area contributed by atoms with E-state index >= 15 is 0 Å². The number of nitrogens with zero attached hydrogens (tertiary/aromatic N) is 1. The highest BCUT2D eigenvalue weighted by Crippen LogP contribution is 2.39. The second-order valence-electron chi connectivity index (χ2n) is 6.53. The predicted molar refractivity (Wildman–Crippen MR) is 68.3 cm³/mol. The van der Waals surface area contributed by atoms with Crippen molar-refractivity contribution in [2.45, 2.75) is 57.8 Å². The highest BCUT2D eigenvalue weighted by molar-refractivity contribution is 5.79. The Morgan fingerprint density at radius 2 is 2.16 bits per heavy atom. The van der Waals surface area contributed by atoms with Gasteiger partial charge in [0.15, 0.2) is 6.10 Å². The van der Waals surface area contributed by atoms with Gasteiger partial charge in [-0.05, 0) is 18.8 Å². The summed E-state index contributed by atoms with van der Waals surface area (Å²) in [6.45, 7) is 6.54. The van der Waals surface area contributed by atoms with Crippen molar-refractivity contribution in [3.8, 4) is 0 Å². The Bertz CT molecular complexity index is 409. The molecule has 2 fully saturated rings. The zero-order chi connectivity index (χ0) is 14.4. The Kier molecular flexibility index (Phi) is 3.35. The molecule has 0 aromatic heterocycles. The second-order valence-corrected chi connectivity index (χ2v) is 6.53. The van der Waals surface area contributed by atoms with Gasteiger partial charge in [-0.1, -0.05) is 13.8 Å². The molecular formula is C13H22N2O4. The Morgan fingerprint density at radius 1 is 1.53 bits per heavy atom. The Balaban J connectivity index is 2.17. The number of hydrogen-bond donors (Lipinski definition) is 3. The maximum absolute atomic E-state index is 11.9. The monoisotopic (exact) mass is 270 g/mol. The van der Waals surface area contributed by atoms with Crippen LogP contribution in [0, 0.1) is 5.41 Å². The molecule has 0 aromatic carbocycles. The SMILES string of the molecule is CC1(C)CN2C(=O)CCC2(C)NC1C[C@H](O)C(=O)O. The van der Waals surface area contributed by atoms with E-state index in [-0.39, 0.29) is 23.8 Å². The lowest BCUT2D eigenvalue weighted by Crippen LogP contribution is -2.69. The number of amides is 1. The molecule has 2 aliphatic rings. The van der Waals surface area contributed by atoms with Crippen molar-refractivity contribution >= 4 is 11.9 Å². The molecule has 2 heterocycles. The molecule has 0 spiro atoms. The topological polar surface area (TPSA) is 89.9 Å². The number of aliphatic hydroxyl groups excluding tert-OH is 1. The van der Waals surface area contributed by atoms with Crippen LogP contribution in [-0.2, 0) is 9.59 Å².